The Bertz CT molecular complexity index is 815. The molecule has 1 heterocycles. The van der Waals surface area contributed by atoms with Crippen molar-refractivity contribution >= 4 is 29.3 Å². The molecule has 0 spiro atoms. The predicted octanol–water partition coefficient (Wildman–Crippen LogP) is 3.86. The summed E-state index contributed by atoms with van der Waals surface area (Å²) in [6.45, 7) is 0. The molecule has 1 saturated carbocycles. The van der Waals surface area contributed by atoms with Gasteiger partial charge in [0, 0.05) is 16.8 Å². The molecule has 4 rings (SSSR count). The second-order valence-corrected chi connectivity index (χ2v) is 7.95. The zero-order valence-electron chi connectivity index (χ0n) is 14.3. The second-order valence-electron chi connectivity index (χ2n) is 6.57. The van der Waals surface area contributed by atoms with Crippen LogP contribution in [-0.4, -0.2) is 42.8 Å². The smallest absolute Gasteiger partial charge is 0.237 e. The van der Waals surface area contributed by atoms with E-state index in [2.05, 4.69) is 21.6 Å². The first-order valence-electron chi connectivity index (χ1n) is 8.90. The van der Waals surface area contributed by atoms with Gasteiger partial charge in [-0.2, -0.15) is 4.68 Å². The summed E-state index contributed by atoms with van der Waals surface area (Å²) in [5, 5.41) is 13.1. The molecule has 0 unspecified atom stereocenters. The van der Waals surface area contributed by atoms with Gasteiger partial charge in [-0.05, 0) is 73.2 Å². The third-order valence-electron chi connectivity index (χ3n) is 4.59. The van der Waals surface area contributed by atoms with Gasteiger partial charge in [0.2, 0.25) is 11.1 Å². The highest BCUT2D eigenvalue weighted by atomic mass is 35.5. The molecule has 0 radical (unpaired) electrons. The summed E-state index contributed by atoms with van der Waals surface area (Å²) in [6.07, 6.45) is 8.93. The van der Waals surface area contributed by atoms with E-state index in [9.17, 15) is 4.79 Å². The van der Waals surface area contributed by atoms with Crippen LogP contribution >= 0.6 is 23.4 Å². The number of carbonyl (C=O) groups excluding carboxylic acids is 1. The van der Waals surface area contributed by atoms with Crippen LogP contribution in [0.4, 0.5) is 0 Å². The highest BCUT2D eigenvalue weighted by molar-refractivity contribution is 7.99. The number of tetrazole rings is 1. The van der Waals surface area contributed by atoms with Crippen LogP contribution in [0.25, 0.3) is 5.69 Å². The maximum absolute atomic E-state index is 12.9. The average Bonchev–Trinajstić information content (AvgIpc) is 3.38. The van der Waals surface area contributed by atoms with Crippen molar-refractivity contribution in [3.8, 4) is 5.69 Å². The number of amides is 1. The average molecular weight is 390 g/mol. The topological polar surface area (TPSA) is 63.9 Å². The molecular weight excluding hydrogens is 370 g/mol. The lowest BCUT2D eigenvalue weighted by molar-refractivity contribution is -0.127. The van der Waals surface area contributed by atoms with E-state index in [1.54, 1.807) is 16.8 Å². The van der Waals surface area contributed by atoms with Gasteiger partial charge in [0.05, 0.1) is 11.4 Å². The number of hydrogen-bond acceptors (Lipinski definition) is 5. The van der Waals surface area contributed by atoms with Crippen molar-refractivity contribution in [3.05, 3.63) is 41.1 Å². The lowest BCUT2D eigenvalue weighted by atomic mass is 10.0. The molecule has 2 aromatic rings. The van der Waals surface area contributed by atoms with Gasteiger partial charge in [0.1, 0.15) is 0 Å². The SMILES string of the molecule is O=C(CSc1nnnn1-c1ccc(Cl)cc1)N(C1=CCCCC1)C1CC1. The van der Waals surface area contributed by atoms with E-state index in [1.807, 2.05) is 17.0 Å². The largest absolute Gasteiger partial charge is 0.313 e. The molecule has 1 fully saturated rings. The van der Waals surface area contributed by atoms with Crippen LogP contribution in [0.1, 0.15) is 38.5 Å². The fraction of sp³-hybridized carbons (Fsp3) is 0.444. The molecule has 0 bridgehead atoms. The predicted molar refractivity (Wildman–Crippen MR) is 101 cm³/mol. The van der Waals surface area contributed by atoms with Gasteiger partial charge >= 0.3 is 0 Å². The standard InChI is InChI=1S/C18H20ClN5OS/c19-13-6-8-16(9-7-13)24-18(20-21-22-24)26-12-17(25)23(15-10-11-15)14-4-2-1-3-5-14/h4,6-9,15H,1-3,5,10-12H2. The van der Waals surface area contributed by atoms with E-state index in [-0.39, 0.29) is 5.91 Å². The molecule has 1 amide bonds. The molecule has 136 valence electrons. The summed E-state index contributed by atoms with van der Waals surface area (Å²) in [4.78, 5) is 14.9. The Kier molecular flexibility index (Phi) is 5.26. The van der Waals surface area contributed by atoms with Crippen LogP contribution in [0.5, 0.6) is 0 Å². The van der Waals surface area contributed by atoms with E-state index < -0.39 is 0 Å². The number of carbonyl (C=O) groups is 1. The van der Waals surface area contributed by atoms with Crippen molar-refractivity contribution in [2.45, 2.75) is 49.7 Å². The zero-order chi connectivity index (χ0) is 17.9. The normalized spacial score (nSPS) is 17.0. The minimum atomic E-state index is 0.149. The van der Waals surface area contributed by atoms with E-state index in [0.29, 0.717) is 22.0 Å². The van der Waals surface area contributed by atoms with Gasteiger partial charge in [-0.1, -0.05) is 29.4 Å². The van der Waals surface area contributed by atoms with Gasteiger partial charge in [0.15, 0.2) is 0 Å². The molecule has 1 aromatic carbocycles. The summed E-state index contributed by atoms with van der Waals surface area (Å²) in [7, 11) is 0. The lowest BCUT2D eigenvalue weighted by Gasteiger charge is -2.27. The number of aromatic nitrogens is 4. The van der Waals surface area contributed by atoms with Crippen LogP contribution in [0.15, 0.2) is 41.2 Å². The number of thioether (sulfide) groups is 1. The quantitative estimate of drug-likeness (QED) is 0.702. The lowest BCUT2D eigenvalue weighted by Crippen LogP contribution is -2.34. The Labute approximate surface area is 161 Å². The minimum absolute atomic E-state index is 0.149. The highest BCUT2D eigenvalue weighted by Gasteiger charge is 2.35. The Balaban J connectivity index is 1.45. The summed E-state index contributed by atoms with van der Waals surface area (Å²) in [5.74, 6) is 0.484. The molecule has 2 aliphatic carbocycles. The molecule has 0 N–H and O–H groups in total. The number of benzene rings is 1. The van der Waals surface area contributed by atoms with Gasteiger partial charge in [-0.25, -0.2) is 0 Å². The van der Waals surface area contributed by atoms with Crippen LogP contribution in [-0.2, 0) is 4.79 Å². The third kappa shape index (κ3) is 3.94. The van der Waals surface area contributed by atoms with Crippen molar-refractivity contribution in [1.82, 2.24) is 25.1 Å². The summed E-state index contributed by atoms with van der Waals surface area (Å²) in [5.41, 5.74) is 2.03. The number of allylic oxidation sites excluding steroid dienone is 2. The molecule has 0 aliphatic heterocycles. The molecule has 6 nitrogen and oxygen atoms in total. The van der Waals surface area contributed by atoms with E-state index in [0.717, 1.165) is 31.4 Å². The Hall–Kier alpha value is -1.86. The van der Waals surface area contributed by atoms with Crippen LogP contribution in [0.3, 0.4) is 0 Å². The van der Waals surface area contributed by atoms with E-state index >= 15 is 0 Å². The molecule has 2 aliphatic rings. The number of rotatable bonds is 6. The number of nitrogens with zero attached hydrogens (tertiary/aromatic N) is 5. The Morgan fingerprint density at radius 2 is 2.08 bits per heavy atom. The van der Waals surface area contributed by atoms with Crippen LogP contribution < -0.4 is 0 Å². The summed E-state index contributed by atoms with van der Waals surface area (Å²) in [6, 6.07) is 7.69. The number of halogens is 1. The fourth-order valence-corrected chi connectivity index (χ4v) is 4.06. The van der Waals surface area contributed by atoms with E-state index in [4.69, 9.17) is 11.6 Å². The maximum Gasteiger partial charge on any atom is 0.237 e. The molecular formula is C18H20ClN5OS. The molecule has 0 atom stereocenters. The third-order valence-corrected chi connectivity index (χ3v) is 5.75. The van der Waals surface area contributed by atoms with Gasteiger partial charge < -0.3 is 4.90 Å². The first-order chi connectivity index (χ1) is 12.7. The van der Waals surface area contributed by atoms with Crippen molar-refractivity contribution in [2.24, 2.45) is 0 Å². The fourth-order valence-electron chi connectivity index (χ4n) is 3.18. The van der Waals surface area contributed by atoms with E-state index in [1.165, 1.54) is 30.3 Å². The van der Waals surface area contributed by atoms with Crippen LogP contribution in [0.2, 0.25) is 5.02 Å². The molecule has 8 heteroatoms. The molecule has 0 saturated heterocycles. The van der Waals surface area contributed by atoms with Crippen molar-refractivity contribution in [2.75, 3.05) is 5.75 Å². The first-order valence-corrected chi connectivity index (χ1v) is 10.3. The first kappa shape index (κ1) is 17.5. The van der Waals surface area contributed by atoms with Gasteiger partial charge in [0.25, 0.3) is 0 Å². The Morgan fingerprint density at radius 1 is 1.27 bits per heavy atom. The highest BCUT2D eigenvalue weighted by Crippen LogP contribution is 2.34. The number of hydrogen-bond donors (Lipinski definition) is 0. The van der Waals surface area contributed by atoms with Crippen LogP contribution in [0, 0.1) is 0 Å². The summed E-state index contributed by atoms with van der Waals surface area (Å²) >= 11 is 7.31. The summed E-state index contributed by atoms with van der Waals surface area (Å²) < 4.78 is 1.63. The van der Waals surface area contributed by atoms with Gasteiger partial charge in [-0.3, -0.25) is 4.79 Å². The molecule has 26 heavy (non-hydrogen) atoms. The van der Waals surface area contributed by atoms with Crippen molar-refractivity contribution in [3.63, 3.8) is 0 Å². The Morgan fingerprint density at radius 3 is 2.77 bits per heavy atom. The van der Waals surface area contributed by atoms with Gasteiger partial charge in [-0.15, -0.1) is 5.10 Å². The second kappa shape index (κ2) is 7.80. The van der Waals surface area contributed by atoms with Crippen molar-refractivity contribution < 1.29 is 4.79 Å². The minimum Gasteiger partial charge on any atom is -0.313 e. The maximum atomic E-state index is 12.9. The monoisotopic (exact) mass is 389 g/mol. The molecule has 1 aromatic heterocycles. The zero-order valence-corrected chi connectivity index (χ0v) is 15.9. The van der Waals surface area contributed by atoms with Crippen molar-refractivity contribution in [1.29, 1.82) is 0 Å².